The van der Waals surface area contributed by atoms with Crippen molar-refractivity contribution in [3.05, 3.63) is 59.2 Å². The van der Waals surface area contributed by atoms with E-state index in [0.29, 0.717) is 16.9 Å². The maximum atomic E-state index is 10.9. The first-order valence-electron chi connectivity index (χ1n) is 6.87. The van der Waals surface area contributed by atoms with Crippen LogP contribution in [0.2, 0.25) is 0 Å². The molecular weight excluding hydrogens is 316 g/mol. The second-order valence-corrected chi connectivity index (χ2v) is 5.66. The van der Waals surface area contributed by atoms with Gasteiger partial charge in [0, 0.05) is 17.6 Å². The lowest BCUT2D eigenvalue weighted by Crippen LogP contribution is -2.07. The van der Waals surface area contributed by atoms with Crippen LogP contribution < -0.4 is 4.74 Å². The average Bonchev–Trinajstić information content (AvgIpc) is 2.59. The van der Waals surface area contributed by atoms with E-state index in [1.54, 1.807) is 30.0 Å². The lowest BCUT2D eigenvalue weighted by Gasteiger charge is -2.17. The lowest BCUT2D eigenvalue weighted by molar-refractivity contribution is 0.0487. The summed E-state index contributed by atoms with van der Waals surface area (Å²) in [6, 6.07) is 11.7. The minimum Gasteiger partial charge on any atom is -0.478 e. The third-order valence-corrected chi connectivity index (χ3v) is 4.04. The molecule has 0 aromatic heterocycles. The summed E-state index contributed by atoms with van der Waals surface area (Å²) in [4.78, 5) is 11.9. The van der Waals surface area contributed by atoms with Crippen LogP contribution in [0.25, 0.3) is 0 Å². The molecule has 1 unspecified atom stereocenters. The number of benzene rings is 2. The highest BCUT2D eigenvalue weighted by Crippen LogP contribution is 2.33. The number of carboxylic acids is 1. The van der Waals surface area contributed by atoms with Gasteiger partial charge >= 0.3 is 5.97 Å². The molecule has 6 heteroatoms. The van der Waals surface area contributed by atoms with Crippen molar-refractivity contribution in [3.63, 3.8) is 0 Å². The van der Waals surface area contributed by atoms with Crippen LogP contribution in [0.5, 0.6) is 5.75 Å². The van der Waals surface area contributed by atoms with E-state index in [2.05, 4.69) is 0 Å². The van der Waals surface area contributed by atoms with Gasteiger partial charge in [0.2, 0.25) is 0 Å². The summed E-state index contributed by atoms with van der Waals surface area (Å²) in [5, 5.41) is 19.6. The fourth-order valence-electron chi connectivity index (χ4n) is 2.11. The van der Waals surface area contributed by atoms with E-state index in [1.165, 1.54) is 19.2 Å². The molecule has 2 N–H and O–H groups in total. The Bertz CT molecular complexity index is 669. The smallest absolute Gasteiger partial charge is 0.335 e. The van der Waals surface area contributed by atoms with Crippen LogP contribution >= 0.6 is 11.8 Å². The standard InChI is InChI=1S/C17H18O5S/c1-21-10-22-15-8-7-13(23-2)9-14(15)16(18)11-3-5-12(6-4-11)17(19)20/h3-9,16,18H,10H2,1-2H3,(H,19,20). The van der Waals surface area contributed by atoms with Crippen molar-refractivity contribution < 1.29 is 24.5 Å². The number of aliphatic hydroxyl groups is 1. The van der Waals surface area contributed by atoms with E-state index < -0.39 is 12.1 Å². The van der Waals surface area contributed by atoms with Crippen LogP contribution in [-0.4, -0.2) is 36.3 Å². The number of thioether (sulfide) groups is 1. The molecule has 0 fully saturated rings. The highest BCUT2D eigenvalue weighted by Gasteiger charge is 2.17. The first-order valence-corrected chi connectivity index (χ1v) is 8.10. The van der Waals surface area contributed by atoms with Crippen LogP contribution in [0.15, 0.2) is 47.4 Å². The van der Waals surface area contributed by atoms with Gasteiger partial charge in [-0.2, -0.15) is 0 Å². The van der Waals surface area contributed by atoms with Crippen LogP contribution in [0.4, 0.5) is 0 Å². The summed E-state index contributed by atoms with van der Waals surface area (Å²) in [6.45, 7) is 0.0796. The Balaban J connectivity index is 2.35. The molecule has 0 aliphatic heterocycles. The van der Waals surface area contributed by atoms with Gasteiger partial charge in [-0.05, 0) is 42.2 Å². The summed E-state index contributed by atoms with van der Waals surface area (Å²) >= 11 is 1.56. The monoisotopic (exact) mass is 334 g/mol. The number of aromatic carboxylic acids is 1. The number of hydrogen-bond donors (Lipinski definition) is 2. The molecule has 0 amide bonds. The van der Waals surface area contributed by atoms with Crippen molar-refractivity contribution in [2.24, 2.45) is 0 Å². The Morgan fingerprint density at radius 1 is 1.22 bits per heavy atom. The number of aliphatic hydroxyl groups excluding tert-OH is 1. The van der Waals surface area contributed by atoms with Gasteiger partial charge in [-0.25, -0.2) is 4.79 Å². The van der Waals surface area contributed by atoms with E-state index in [-0.39, 0.29) is 12.4 Å². The van der Waals surface area contributed by atoms with Gasteiger partial charge in [0.05, 0.1) is 5.56 Å². The van der Waals surface area contributed by atoms with E-state index in [1.807, 2.05) is 18.4 Å². The third kappa shape index (κ3) is 4.25. The second-order valence-electron chi connectivity index (χ2n) is 4.78. The lowest BCUT2D eigenvalue weighted by atomic mass is 9.99. The molecular formula is C17H18O5S. The summed E-state index contributed by atoms with van der Waals surface area (Å²) in [5.74, 6) is -0.473. The molecule has 2 aromatic carbocycles. The van der Waals surface area contributed by atoms with E-state index in [9.17, 15) is 9.90 Å². The van der Waals surface area contributed by atoms with Crippen LogP contribution in [0.3, 0.4) is 0 Å². The minimum atomic E-state index is -1.00. The van der Waals surface area contributed by atoms with Crippen LogP contribution in [0.1, 0.15) is 27.6 Å². The number of methoxy groups -OCH3 is 1. The molecule has 1 atom stereocenters. The number of hydrogen-bond acceptors (Lipinski definition) is 5. The number of ether oxygens (including phenoxy) is 2. The quantitative estimate of drug-likeness (QED) is 0.598. The zero-order valence-electron chi connectivity index (χ0n) is 12.9. The molecule has 0 saturated carbocycles. The minimum absolute atomic E-state index is 0.0796. The Morgan fingerprint density at radius 2 is 1.91 bits per heavy atom. The average molecular weight is 334 g/mol. The summed E-state index contributed by atoms with van der Waals surface area (Å²) < 4.78 is 10.4. The van der Waals surface area contributed by atoms with Gasteiger partial charge in [-0.3, -0.25) is 0 Å². The van der Waals surface area contributed by atoms with Gasteiger partial charge in [0.25, 0.3) is 0 Å². The Labute approximate surface area is 138 Å². The van der Waals surface area contributed by atoms with Gasteiger partial charge < -0.3 is 19.7 Å². The Hall–Kier alpha value is -2.02. The number of carboxylic acid groups (broad SMARTS) is 1. The van der Waals surface area contributed by atoms with Crippen molar-refractivity contribution in [3.8, 4) is 5.75 Å². The number of rotatable bonds is 7. The fourth-order valence-corrected chi connectivity index (χ4v) is 2.56. The number of carbonyl (C=O) groups is 1. The third-order valence-electron chi connectivity index (χ3n) is 3.32. The largest absolute Gasteiger partial charge is 0.478 e. The molecule has 2 rings (SSSR count). The SMILES string of the molecule is COCOc1ccc(SC)cc1C(O)c1ccc(C(=O)O)cc1. The molecule has 0 spiro atoms. The predicted molar refractivity (Wildman–Crippen MR) is 88.2 cm³/mol. The van der Waals surface area contributed by atoms with E-state index in [0.717, 1.165) is 4.90 Å². The van der Waals surface area contributed by atoms with Gasteiger partial charge in [0.15, 0.2) is 6.79 Å². The summed E-state index contributed by atoms with van der Waals surface area (Å²) in [7, 11) is 1.52. The Morgan fingerprint density at radius 3 is 2.48 bits per heavy atom. The molecule has 0 aliphatic carbocycles. The molecule has 23 heavy (non-hydrogen) atoms. The molecule has 0 bridgehead atoms. The van der Waals surface area contributed by atoms with Crippen molar-refractivity contribution in [1.82, 2.24) is 0 Å². The summed E-state index contributed by atoms with van der Waals surface area (Å²) in [5.41, 5.74) is 1.38. The molecule has 2 aromatic rings. The normalized spacial score (nSPS) is 12.0. The molecule has 0 heterocycles. The highest BCUT2D eigenvalue weighted by atomic mass is 32.2. The molecule has 122 valence electrons. The maximum absolute atomic E-state index is 10.9. The van der Waals surface area contributed by atoms with Gasteiger partial charge in [0.1, 0.15) is 11.9 Å². The van der Waals surface area contributed by atoms with Crippen molar-refractivity contribution in [2.45, 2.75) is 11.0 Å². The van der Waals surface area contributed by atoms with Crippen molar-refractivity contribution in [2.75, 3.05) is 20.2 Å². The predicted octanol–water partition coefficient (Wildman–Crippen LogP) is 3.17. The van der Waals surface area contributed by atoms with Gasteiger partial charge in [-0.15, -0.1) is 11.8 Å². The molecule has 0 radical (unpaired) electrons. The van der Waals surface area contributed by atoms with E-state index >= 15 is 0 Å². The topological polar surface area (TPSA) is 76.0 Å². The molecule has 0 aliphatic rings. The van der Waals surface area contributed by atoms with Crippen LogP contribution in [0, 0.1) is 0 Å². The van der Waals surface area contributed by atoms with E-state index in [4.69, 9.17) is 14.6 Å². The van der Waals surface area contributed by atoms with Gasteiger partial charge in [-0.1, -0.05) is 12.1 Å². The van der Waals surface area contributed by atoms with Crippen molar-refractivity contribution in [1.29, 1.82) is 0 Å². The first-order chi connectivity index (χ1) is 11.1. The molecule has 5 nitrogen and oxygen atoms in total. The summed E-state index contributed by atoms with van der Waals surface area (Å²) in [6.07, 6.45) is 1.03. The fraction of sp³-hybridized carbons (Fsp3) is 0.235. The Kier molecular flexibility index (Phi) is 6.04. The maximum Gasteiger partial charge on any atom is 0.335 e. The highest BCUT2D eigenvalue weighted by molar-refractivity contribution is 7.98. The van der Waals surface area contributed by atoms with Crippen LogP contribution in [-0.2, 0) is 4.74 Å². The zero-order chi connectivity index (χ0) is 16.8. The van der Waals surface area contributed by atoms with Crippen molar-refractivity contribution >= 4 is 17.7 Å². The first kappa shape index (κ1) is 17.3. The second kappa shape index (κ2) is 8.01. The zero-order valence-corrected chi connectivity index (χ0v) is 13.7. The molecule has 0 saturated heterocycles.